The first-order valence-corrected chi connectivity index (χ1v) is 8.08. The molecule has 1 N–H and O–H groups in total. The third-order valence-corrected chi connectivity index (χ3v) is 4.89. The zero-order valence-corrected chi connectivity index (χ0v) is 13.4. The topological polar surface area (TPSA) is 12.0 Å². The highest BCUT2D eigenvalue weighted by Gasteiger charge is 2.31. The number of benzene rings is 2. The minimum Gasteiger partial charge on any atom is -0.307 e. The monoisotopic (exact) mass is 299 g/mol. The molecular formula is C19H22ClN. The van der Waals surface area contributed by atoms with Gasteiger partial charge in [-0.25, -0.2) is 0 Å². The Labute approximate surface area is 132 Å². The van der Waals surface area contributed by atoms with Crippen molar-refractivity contribution in [2.75, 3.05) is 0 Å². The number of aryl methyl sites for hydroxylation is 1. The predicted molar refractivity (Wildman–Crippen MR) is 89.9 cm³/mol. The molecule has 1 atom stereocenters. The SMILES string of the molecule is Cc1ccc(C2CC(NC(C)c3ccccc3Cl)C2)cc1. The summed E-state index contributed by atoms with van der Waals surface area (Å²) in [4.78, 5) is 0. The van der Waals surface area contributed by atoms with E-state index < -0.39 is 0 Å². The minimum atomic E-state index is 0.308. The van der Waals surface area contributed by atoms with Crippen molar-refractivity contribution in [1.82, 2.24) is 5.32 Å². The molecule has 110 valence electrons. The molecule has 0 radical (unpaired) electrons. The lowest BCUT2D eigenvalue weighted by atomic mass is 9.75. The van der Waals surface area contributed by atoms with Gasteiger partial charge in [0.05, 0.1) is 0 Å². The van der Waals surface area contributed by atoms with Gasteiger partial charge in [0.2, 0.25) is 0 Å². The second-order valence-electron chi connectivity index (χ2n) is 6.19. The van der Waals surface area contributed by atoms with Crippen molar-refractivity contribution >= 4 is 11.6 Å². The van der Waals surface area contributed by atoms with E-state index in [-0.39, 0.29) is 0 Å². The fourth-order valence-electron chi connectivity index (χ4n) is 3.13. The van der Waals surface area contributed by atoms with Gasteiger partial charge in [-0.3, -0.25) is 0 Å². The first-order chi connectivity index (χ1) is 10.1. The quantitative estimate of drug-likeness (QED) is 0.813. The van der Waals surface area contributed by atoms with Crippen LogP contribution in [0.15, 0.2) is 48.5 Å². The first-order valence-electron chi connectivity index (χ1n) is 7.70. The van der Waals surface area contributed by atoms with Crippen LogP contribution in [0.1, 0.15) is 48.4 Å². The average Bonchev–Trinajstić information content (AvgIpc) is 2.44. The summed E-state index contributed by atoms with van der Waals surface area (Å²) in [6, 6.07) is 18.0. The molecule has 1 unspecified atom stereocenters. The molecule has 1 fully saturated rings. The molecule has 0 spiro atoms. The molecule has 0 heterocycles. The van der Waals surface area contributed by atoms with Crippen LogP contribution >= 0.6 is 11.6 Å². The third-order valence-electron chi connectivity index (χ3n) is 4.54. The zero-order chi connectivity index (χ0) is 14.8. The highest BCUT2D eigenvalue weighted by molar-refractivity contribution is 6.31. The normalized spacial score (nSPS) is 22.6. The van der Waals surface area contributed by atoms with Crippen LogP contribution in [-0.2, 0) is 0 Å². The van der Waals surface area contributed by atoms with Crippen LogP contribution in [0.2, 0.25) is 5.02 Å². The summed E-state index contributed by atoms with van der Waals surface area (Å²) in [5.41, 5.74) is 4.00. The van der Waals surface area contributed by atoms with Crippen LogP contribution in [-0.4, -0.2) is 6.04 Å². The molecule has 1 aliphatic rings. The second kappa shape index (κ2) is 6.21. The van der Waals surface area contributed by atoms with Gasteiger partial charge in [-0.05, 0) is 49.8 Å². The minimum absolute atomic E-state index is 0.308. The van der Waals surface area contributed by atoms with Crippen molar-refractivity contribution in [3.63, 3.8) is 0 Å². The molecule has 1 aliphatic carbocycles. The van der Waals surface area contributed by atoms with E-state index in [1.165, 1.54) is 29.5 Å². The van der Waals surface area contributed by atoms with Gasteiger partial charge in [-0.2, -0.15) is 0 Å². The summed E-state index contributed by atoms with van der Waals surface area (Å²) in [6.45, 7) is 4.33. The number of halogens is 1. The fraction of sp³-hybridized carbons (Fsp3) is 0.368. The summed E-state index contributed by atoms with van der Waals surface area (Å²) in [6.07, 6.45) is 2.44. The number of hydrogen-bond acceptors (Lipinski definition) is 1. The van der Waals surface area contributed by atoms with E-state index in [9.17, 15) is 0 Å². The Morgan fingerprint density at radius 1 is 1.05 bits per heavy atom. The van der Waals surface area contributed by atoms with E-state index in [1.54, 1.807) is 0 Å². The summed E-state index contributed by atoms with van der Waals surface area (Å²) in [5, 5.41) is 4.55. The van der Waals surface area contributed by atoms with E-state index in [0.29, 0.717) is 18.0 Å². The molecule has 2 heteroatoms. The molecule has 0 aromatic heterocycles. The number of rotatable bonds is 4. The van der Waals surface area contributed by atoms with Gasteiger partial charge in [-0.1, -0.05) is 59.6 Å². The van der Waals surface area contributed by atoms with E-state index in [1.807, 2.05) is 12.1 Å². The van der Waals surface area contributed by atoms with E-state index in [0.717, 1.165) is 5.02 Å². The molecule has 1 nitrogen and oxygen atoms in total. The lowest BCUT2D eigenvalue weighted by molar-refractivity contribution is 0.271. The van der Waals surface area contributed by atoms with Crippen LogP contribution < -0.4 is 5.32 Å². The average molecular weight is 300 g/mol. The van der Waals surface area contributed by atoms with Crippen molar-refractivity contribution in [3.05, 3.63) is 70.2 Å². The Balaban J connectivity index is 1.55. The van der Waals surface area contributed by atoms with Crippen LogP contribution in [0.3, 0.4) is 0 Å². The van der Waals surface area contributed by atoms with Crippen molar-refractivity contribution in [2.24, 2.45) is 0 Å². The van der Waals surface area contributed by atoms with Gasteiger partial charge >= 0.3 is 0 Å². The van der Waals surface area contributed by atoms with Gasteiger partial charge in [0.25, 0.3) is 0 Å². The van der Waals surface area contributed by atoms with Crippen molar-refractivity contribution < 1.29 is 0 Å². The van der Waals surface area contributed by atoms with Crippen molar-refractivity contribution in [2.45, 2.75) is 44.7 Å². The summed E-state index contributed by atoms with van der Waals surface area (Å²) in [7, 11) is 0. The molecule has 0 saturated heterocycles. The maximum absolute atomic E-state index is 6.26. The Morgan fingerprint density at radius 2 is 1.71 bits per heavy atom. The van der Waals surface area contributed by atoms with Gasteiger partial charge in [-0.15, -0.1) is 0 Å². The molecule has 0 aliphatic heterocycles. The molecule has 1 saturated carbocycles. The van der Waals surface area contributed by atoms with Gasteiger partial charge in [0.15, 0.2) is 0 Å². The lowest BCUT2D eigenvalue weighted by Crippen LogP contribution is -2.41. The van der Waals surface area contributed by atoms with E-state index >= 15 is 0 Å². The van der Waals surface area contributed by atoms with Crippen molar-refractivity contribution in [3.8, 4) is 0 Å². The summed E-state index contributed by atoms with van der Waals surface area (Å²) < 4.78 is 0. The van der Waals surface area contributed by atoms with E-state index in [4.69, 9.17) is 11.6 Å². The largest absolute Gasteiger partial charge is 0.307 e. The zero-order valence-electron chi connectivity index (χ0n) is 12.6. The standard InChI is InChI=1S/C19H22ClN/c1-13-7-9-15(10-8-13)16-11-17(12-16)21-14(2)18-5-3-4-6-19(18)20/h3-10,14,16-17,21H,11-12H2,1-2H3. The van der Waals surface area contributed by atoms with Gasteiger partial charge in [0.1, 0.15) is 0 Å². The molecular weight excluding hydrogens is 278 g/mol. The summed E-state index contributed by atoms with van der Waals surface area (Å²) in [5.74, 6) is 0.710. The maximum atomic E-state index is 6.26. The molecule has 2 aromatic rings. The third kappa shape index (κ3) is 3.30. The fourth-order valence-corrected chi connectivity index (χ4v) is 3.43. The molecule has 3 rings (SSSR count). The van der Waals surface area contributed by atoms with Crippen LogP contribution in [0.5, 0.6) is 0 Å². The Hall–Kier alpha value is -1.31. The first kappa shape index (κ1) is 14.6. The number of hydrogen-bond donors (Lipinski definition) is 1. The lowest BCUT2D eigenvalue weighted by Gasteiger charge is -2.38. The Bertz CT molecular complexity index is 599. The predicted octanol–water partition coefficient (Wildman–Crippen LogP) is 5.25. The summed E-state index contributed by atoms with van der Waals surface area (Å²) >= 11 is 6.26. The highest BCUT2D eigenvalue weighted by atomic mass is 35.5. The second-order valence-corrected chi connectivity index (χ2v) is 6.59. The van der Waals surface area contributed by atoms with Crippen LogP contribution in [0.4, 0.5) is 0 Å². The maximum Gasteiger partial charge on any atom is 0.0453 e. The highest BCUT2D eigenvalue weighted by Crippen LogP contribution is 2.38. The number of nitrogens with one attached hydrogen (secondary N) is 1. The Morgan fingerprint density at radius 3 is 2.38 bits per heavy atom. The van der Waals surface area contributed by atoms with Crippen LogP contribution in [0.25, 0.3) is 0 Å². The molecule has 2 aromatic carbocycles. The Kier molecular flexibility index (Phi) is 4.32. The van der Waals surface area contributed by atoms with Gasteiger partial charge in [0, 0.05) is 17.1 Å². The molecule has 0 amide bonds. The van der Waals surface area contributed by atoms with Crippen LogP contribution in [0, 0.1) is 6.92 Å². The van der Waals surface area contributed by atoms with E-state index in [2.05, 4.69) is 55.6 Å². The smallest absolute Gasteiger partial charge is 0.0453 e. The molecule has 21 heavy (non-hydrogen) atoms. The molecule has 0 bridgehead atoms. The van der Waals surface area contributed by atoms with Gasteiger partial charge < -0.3 is 5.32 Å². The van der Waals surface area contributed by atoms with Crippen molar-refractivity contribution in [1.29, 1.82) is 0 Å².